The van der Waals surface area contributed by atoms with Gasteiger partial charge in [-0.3, -0.25) is 4.79 Å². The molecule has 1 aliphatic heterocycles. The molecule has 0 radical (unpaired) electrons. The van der Waals surface area contributed by atoms with Gasteiger partial charge in [-0.2, -0.15) is 0 Å². The van der Waals surface area contributed by atoms with E-state index in [2.05, 4.69) is 0 Å². The lowest BCUT2D eigenvalue weighted by Crippen LogP contribution is -2.29. The van der Waals surface area contributed by atoms with Gasteiger partial charge in [0, 0.05) is 32.1 Å². The van der Waals surface area contributed by atoms with E-state index in [-0.39, 0.29) is 5.91 Å². The first-order valence-corrected chi connectivity index (χ1v) is 5.90. The van der Waals surface area contributed by atoms with Gasteiger partial charge >= 0.3 is 0 Å². The number of rotatable bonds is 3. The number of nitrogens with zero attached hydrogens (tertiary/aromatic N) is 1. The Morgan fingerprint density at radius 2 is 2.35 bits per heavy atom. The Balaban J connectivity index is 2.21. The third kappa shape index (κ3) is 2.37. The number of hydrogen-bond acceptors (Lipinski definition) is 3. The molecular weight excluding hydrogens is 240 g/mol. The fraction of sp³-hybridized carbons (Fsp3) is 0.417. The highest BCUT2D eigenvalue weighted by molar-refractivity contribution is 6.32. The lowest BCUT2D eigenvalue weighted by atomic mass is 10.2. The number of likely N-dealkylation sites (tertiary alicyclic amines) is 1. The zero-order chi connectivity index (χ0) is 12.4. The number of halogens is 1. The highest BCUT2D eigenvalue weighted by atomic mass is 35.5. The molecule has 2 N–H and O–H groups in total. The number of amides is 1. The van der Waals surface area contributed by atoms with Crippen molar-refractivity contribution in [2.75, 3.05) is 13.6 Å². The Bertz CT molecular complexity index is 437. The molecule has 0 aliphatic carbocycles. The topological polar surface area (TPSA) is 55.6 Å². The van der Waals surface area contributed by atoms with Gasteiger partial charge in [0.15, 0.2) is 6.10 Å². The van der Waals surface area contributed by atoms with Crippen LogP contribution in [0.3, 0.4) is 0 Å². The quantitative estimate of drug-likeness (QED) is 0.887. The number of carbonyl (C=O) groups excluding carboxylic acids is 1. The third-order valence-corrected chi connectivity index (χ3v) is 3.20. The summed E-state index contributed by atoms with van der Waals surface area (Å²) in [6.45, 7) is 1.05. The second kappa shape index (κ2) is 4.94. The Labute approximate surface area is 105 Å². The van der Waals surface area contributed by atoms with Gasteiger partial charge in [-0.05, 0) is 6.07 Å². The fourth-order valence-electron chi connectivity index (χ4n) is 1.89. The minimum atomic E-state index is -0.440. The summed E-state index contributed by atoms with van der Waals surface area (Å²) in [6.07, 6.45) is 0.245. The van der Waals surface area contributed by atoms with Crippen molar-refractivity contribution in [1.82, 2.24) is 4.90 Å². The number of nitrogens with two attached hydrogens (primary N) is 1. The average Bonchev–Trinajstić information content (AvgIpc) is 2.63. The van der Waals surface area contributed by atoms with Crippen molar-refractivity contribution in [1.29, 1.82) is 0 Å². The molecule has 5 heteroatoms. The van der Waals surface area contributed by atoms with Crippen molar-refractivity contribution >= 4 is 17.5 Å². The molecule has 1 aliphatic rings. The van der Waals surface area contributed by atoms with E-state index in [0.29, 0.717) is 30.3 Å². The van der Waals surface area contributed by atoms with Crippen molar-refractivity contribution in [2.24, 2.45) is 5.73 Å². The van der Waals surface area contributed by atoms with Crippen LogP contribution in [0, 0.1) is 0 Å². The molecule has 1 saturated heterocycles. The molecule has 1 aromatic rings. The summed E-state index contributed by atoms with van der Waals surface area (Å²) in [6, 6.07) is 5.41. The predicted molar refractivity (Wildman–Crippen MR) is 66.0 cm³/mol. The average molecular weight is 255 g/mol. The number of likely N-dealkylation sites (N-methyl/N-ethyl adjacent to an activating group) is 1. The molecule has 92 valence electrons. The van der Waals surface area contributed by atoms with E-state index in [0.717, 1.165) is 5.56 Å². The summed E-state index contributed by atoms with van der Waals surface area (Å²) in [5, 5.41) is 0.496. The Morgan fingerprint density at radius 1 is 1.59 bits per heavy atom. The van der Waals surface area contributed by atoms with Crippen LogP contribution in [0.1, 0.15) is 12.0 Å². The van der Waals surface area contributed by atoms with E-state index in [1.165, 1.54) is 0 Å². The Kier molecular flexibility index (Phi) is 3.54. The summed E-state index contributed by atoms with van der Waals surface area (Å²) in [5.41, 5.74) is 6.44. The van der Waals surface area contributed by atoms with Gasteiger partial charge in [-0.1, -0.05) is 23.7 Å². The van der Waals surface area contributed by atoms with E-state index in [1.54, 1.807) is 18.0 Å². The van der Waals surface area contributed by atoms with Gasteiger partial charge in [0.05, 0.1) is 5.02 Å². The van der Waals surface area contributed by atoms with Crippen LogP contribution in [0.2, 0.25) is 5.02 Å². The minimum absolute atomic E-state index is 0.00658. The SMILES string of the molecule is CN1CCC(Oc2c(Cl)cccc2CN)C1=O. The number of hydrogen-bond donors (Lipinski definition) is 1. The van der Waals surface area contributed by atoms with E-state index < -0.39 is 6.10 Å². The highest BCUT2D eigenvalue weighted by Crippen LogP contribution is 2.30. The van der Waals surface area contributed by atoms with Crippen molar-refractivity contribution in [3.05, 3.63) is 28.8 Å². The van der Waals surface area contributed by atoms with Crippen molar-refractivity contribution in [3.8, 4) is 5.75 Å². The van der Waals surface area contributed by atoms with E-state index >= 15 is 0 Å². The molecule has 0 bridgehead atoms. The second-order valence-corrected chi connectivity index (χ2v) is 4.49. The zero-order valence-electron chi connectivity index (χ0n) is 9.65. The first kappa shape index (κ1) is 12.2. The van der Waals surface area contributed by atoms with Gasteiger partial charge in [0.2, 0.25) is 0 Å². The molecular formula is C12H15ClN2O2. The predicted octanol–water partition coefficient (Wildman–Crippen LogP) is 1.41. The lowest BCUT2D eigenvalue weighted by Gasteiger charge is -2.16. The van der Waals surface area contributed by atoms with Gasteiger partial charge in [-0.25, -0.2) is 0 Å². The molecule has 0 aromatic heterocycles. The Morgan fingerprint density at radius 3 is 2.94 bits per heavy atom. The van der Waals surface area contributed by atoms with E-state index in [1.807, 2.05) is 12.1 Å². The maximum atomic E-state index is 11.7. The summed E-state index contributed by atoms with van der Waals surface area (Å²) >= 11 is 6.07. The molecule has 1 heterocycles. The lowest BCUT2D eigenvalue weighted by molar-refractivity contribution is -0.132. The molecule has 17 heavy (non-hydrogen) atoms. The number of carbonyl (C=O) groups is 1. The summed E-state index contributed by atoms with van der Waals surface area (Å²) < 4.78 is 5.71. The standard InChI is InChI=1S/C12H15ClN2O2/c1-15-6-5-10(12(15)16)17-11-8(7-14)3-2-4-9(11)13/h2-4,10H,5-7,14H2,1H3. The maximum absolute atomic E-state index is 11.7. The normalized spacial score (nSPS) is 19.8. The molecule has 1 atom stereocenters. The largest absolute Gasteiger partial charge is 0.479 e. The third-order valence-electron chi connectivity index (χ3n) is 2.91. The summed E-state index contributed by atoms with van der Waals surface area (Å²) in [7, 11) is 1.77. The van der Waals surface area contributed by atoms with Crippen LogP contribution >= 0.6 is 11.6 Å². The van der Waals surface area contributed by atoms with Gasteiger partial charge in [-0.15, -0.1) is 0 Å². The van der Waals surface area contributed by atoms with Crippen LogP contribution in [-0.2, 0) is 11.3 Å². The zero-order valence-corrected chi connectivity index (χ0v) is 10.4. The van der Waals surface area contributed by atoms with Gasteiger partial charge in [0.25, 0.3) is 5.91 Å². The number of para-hydroxylation sites is 1. The number of ether oxygens (including phenoxy) is 1. The molecule has 2 rings (SSSR count). The summed E-state index contributed by atoms with van der Waals surface area (Å²) in [4.78, 5) is 13.4. The van der Waals surface area contributed by atoms with Crippen LogP contribution in [0.15, 0.2) is 18.2 Å². The highest BCUT2D eigenvalue weighted by Gasteiger charge is 2.31. The molecule has 0 spiro atoms. The van der Waals surface area contributed by atoms with Crippen LogP contribution in [0.5, 0.6) is 5.75 Å². The summed E-state index contributed by atoms with van der Waals surface area (Å²) in [5.74, 6) is 0.526. The first-order valence-electron chi connectivity index (χ1n) is 5.52. The second-order valence-electron chi connectivity index (χ2n) is 4.09. The van der Waals surface area contributed by atoms with Crippen molar-refractivity contribution in [3.63, 3.8) is 0 Å². The van der Waals surface area contributed by atoms with Crippen LogP contribution in [0.25, 0.3) is 0 Å². The first-order chi connectivity index (χ1) is 8.13. The van der Waals surface area contributed by atoms with Crippen LogP contribution < -0.4 is 10.5 Å². The van der Waals surface area contributed by atoms with E-state index in [4.69, 9.17) is 22.1 Å². The fourth-order valence-corrected chi connectivity index (χ4v) is 2.13. The monoisotopic (exact) mass is 254 g/mol. The van der Waals surface area contributed by atoms with Crippen molar-refractivity contribution in [2.45, 2.75) is 19.1 Å². The van der Waals surface area contributed by atoms with Crippen LogP contribution in [0.4, 0.5) is 0 Å². The molecule has 0 saturated carbocycles. The molecule has 1 unspecified atom stereocenters. The minimum Gasteiger partial charge on any atom is -0.479 e. The maximum Gasteiger partial charge on any atom is 0.263 e. The van der Waals surface area contributed by atoms with E-state index in [9.17, 15) is 4.79 Å². The van der Waals surface area contributed by atoms with Crippen molar-refractivity contribution < 1.29 is 9.53 Å². The molecule has 1 fully saturated rings. The molecule has 1 amide bonds. The number of benzene rings is 1. The van der Waals surface area contributed by atoms with Gasteiger partial charge < -0.3 is 15.4 Å². The Hall–Kier alpha value is -1.26. The molecule has 4 nitrogen and oxygen atoms in total. The molecule has 1 aromatic carbocycles. The smallest absolute Gasteiger partial charge is 0.263 e. The van der Waals surface area contributed by atoms with Crippen LogP contribution in [-0.4, -0.2) is 30.5 Å². The van der Waals surface area contributed by atoms with Gasteiger partial charge in [0.1, 0.15) is 5.75 Å².